The van der Waals surface area contributed by atoms with Crippen LogP contribution in [0.4, 0.5) is 0 Å². The third-order valence-electron chi connectivity index (χ3n) is 10.0. The van der Waals surface area contributed by atoms with E-state index in [1.54, 1.807) is 0 Å². The number of nitrogens with zero attached hydrogens (tertiary/aromatic N) is 4. The number of rotatable bonds is 6. The normalized spacial score (nSPS) is 11.4. The number of fused-ring (bicyclic) bond motifs is 4. The van der Waals surface area contributed by atoms with Crippen molar-refractivity contribution in [1.29, 1.82) is 0 Å². The van der Waals surface area contributed by atoms with Crippen molar-refractivity contribution >= 4 is 32.6 Å². The lowest BCUT2D eigenvalue weighted by atomic mass is 10.0. The van der Waals surface area contributed by atoms with Gasteiger partial charge in [0.05, 0.1) is 11.0 Å². The molecule has 0 fully saturated rings. The van der Waals surface area contributed by atoms with Gasteiger partial charge in [-0.15, -0.1) is 0 Å². The Morgan fingerprint density at radius 1 is 0.283 bits per heavy atom. The van der Waals surface area contributed by atoms with Crippen LogP contribution >= 0.6 is 0 Å². The summed E-state index contributed by atoms with van der Waals surface area (Å²) >= 11 is 0. The van der Waals surface area contributed by atoms with E-state index in [9.17, 15) is 0 Å². The van der Waals surface area contributed by atoms with Crippen LogP contribution in [0, 0.1) is 0 Å². The molecule has 0 amide bonds. The summed E-state index contributed by atoms with van der Waals surface area (Å²) in [6.45, 7) is 0. The van der Waals surface area contributed by atoms with E-state index >= 15 is 0 Å². The SMILES string of the molecule is c1ccc(-c2ccc(-c3nc(-c4cccc(-c5cccc(-n6c7ccccc7c7ccccc76)c5)c4)nc(-c4ccc5ccccc5c4)n3)cc2)cc1. The highest BCUT2D eigenvalue weighted by atomic mass is 15.0. The summed E-state index contributed by atoms with van der Waals surface area (Å²) in [5.41, 5.74) is 10.8. The Morgan fingerprint density at radius 2 is 0.755 bits per heavy atom. The molecule has 10 rings (SSSR count). The maximum Gasteiger partial charge on any atom is 0.164 e. The summed E-state index contributed by atoms with van der Waals surface area (Å²) in [5.74, 6) is 1.91. The molecular weight excluding hydrogens is 645 g/mol. The molecule has 0 saturated carbocycles. The zero-order chi connectivity index (χ0) is 35.1. The Labute approximate surface area is 307 Å². The summed E-state index contributed by atoms with van der Waals surface area (Å²) in [4.78, 5) is 15.3. The summed E-state index contributed by atoms with van der Waals surface area (Å²) < 4.78 is 2.36. The Bertz CT molecular complexity index is 2890. The fourth-order valence-electron chi connectivity index (χ4n) is 7.40. The molecular formula is C49H32N4. The maximum absolute atomic E-state index is 5.11. The number of para-hydroxylation sites is 2. The highest BCUT2D eigenvalue weighted by Crippen LogP contribution is 2.35. The van der Waals surface area contributed by atoms with Crippen LogP contribution in [-0.4, -0.2) is 19.5 Å². The molecule has 0 spiro atoms. The molecule has 2 heterocycles. The lowest BCUT2D eigenvalue weighted by molar-refractivity contribution is 1.07. The minimum atomic E-state index is 0.630. The van der Waals surface area contributed by atoms with E-state index in [-0.39, 0.29) is 0 Å². The average Bonchev–Trinajstić information content (AvgIpc) is 3.58. The van der Waals surface area contributed by atoms with Crippen LogP contribution in [0.2, 0.25) is 0 Å². The topological polar surface area (TPSA) is 43.6 Å². The monoisotopic (exact) mass is 676 g/mol. The molecule has 4 nitrogen and oxygen atoms in total. The largest absolute Gasteiger partial charge is 0.309 e. The van der Waals surface area contributed by atoms with Gasteiger partial charge in [-0.3, -0.25) is 0 Å². The Hall–Kier alpha value is -7.17. The lowest BCUT2D eigenvalue weighted by Crippen LogP contribution is -2.00. The van der Waals surface area contributed by atoms with Gasteiger partial charge >= 0.3 is 0 Å². The predicted molar refractivity (Wildman–Crippen MR) is 219 cm³/mol. The van der Waals surface area contributed by atoms with E-state index in [0.29, 0.717) is 17.5 Å². The molecule has 4 heteroatoms. The minimum Gasteiger partial charge on any atom is -0.309 e. The van der Waals surface area contributed by atoms with Gasteiger partial charge < -0.3 is 4.57 Å². The lowest BCUT2D eigenvalue weighted by Gasteiger charge is -2.12. The summed E-state index contributed by atoms with van der Waals surface area (Å²) in [5, 5.41) is 4.82. The summed E-state index contributed by atoms with van der Waals surface area (Å²) in [7, 11) is 0. The molecule has 8 aromatic carbocycles. The second kappa shape index (κ2) is 12.9. The first-order chi connectivity index (χ1) is 26.2. The Morgan fingerprint density at radius 3 is 1.47 bits per heavy atom. The van der Waals surface area contributed by atoms with E-state index in [2.05, 4.69) is 193 Å². The molecule has 0 radical (unpaired) electrons. The molecule has 0 saturated heterocycles. The molecule has 0 aliphatic carbocycles. The average molecular weight is 677 g/mol. The fourth-order valence-corrected chi connectivity index (χ4v) is 7.40. The van der Waals surface area contributed by atoms with Crippen LogP contribution in [0.1, 0.15) is 0 Å². The van der Waals surface area contributed by atoms with Crippen molar-refractivity contribution in [2.45, 2.75) is 0 Å². The summed E-state index contributed by atoms with van der Waals surface area (Å²) in [6.07, 6.45) is 0. The summed E-state index contributed by atoms with van der Waals surface area (Å²) in [6, 6.07) is 68.2. The van der Waals surface area contributed by atoms with Gasteiger partial charge in [-0.1, -0.05) is 158 Å². The van der Waals surface area contributed by atoms with Crippen molar-refractivity contribution in [1.82, 2.24) is 19.5 Å². The molecule has 0 unspecified atom stereocenters. The number of benzene rings is 8. The quantitative estimate of drug-likeness (QED) is 0.176. The first-order valence-electron chi connectivity index (χ1n) is 17.9. The van der Waals surface area contributed by atoms with Crippen LogP contribution in [0.5, 0.6) is 0 Å². The van der Waals surface area contributed by atoms with E-state index in [4.69, 9.17) is 15.0 Å². The van der Waals surface area contributed by atoms with Crippen molar-refractivity contribution < 1.29 is 0 Å². The van der Waals surface area contributed by atoms with Crippen LogP contribution in [0.25, 0.3) is 94.7 Å². The predicted octanol–water partition coefficient (Wildman–Crippen LogP) is 12.5. The van der Waals surface area contributed by atoms with Gasteiger partial charge in [0.25, 0.3) is 0 Å². The third-order valence-corrected chi connectivity index (χ3v) is 10.0. The van der Waals surface area contributed by atoms with Gasteiger partial charge in [0, 0.05) is 33.2 Å². The van der Waals surface area contributed by atoms with Gasteiger partial charge in [0.15, 0.2) is 17.5 Å². The molecule has 10 aromatic rings. The van der Waals surface area contributed by atoms with E-state index in [0.717, 1.165) is 44.5 Å². The fraction of sp³-hybridized carbons (Fsp3) is 0. The molecule has 0 aliphatic heterocycles. The van der Waals surface area contributed by atoms with E-state index in [1.165, 1.54) is 32.8 Å². The standard InChI is InChI=1S/C49H32N4/c1-2-12-33(13-3-1)35-24-27-36(28-25-35)47-50-48(52-49(51-47)41-29-26-34-14-4-5-15-37(34)30-41)40-18-10-16-38(31-40)39-17-11-19-42(32-39)53-45-22-8-6-20-43(45)44-21-7-9-23-46(44)53/h1-32H. The van der Waals surface area contributed by atoms with Crippen molar-refractivity contribution in [3.05, 3.63) is 194 Å². The highest BCUT2D eigenvalue weighted by Gasteiger charge is 2.15. The maximum atomic E-state index is 5.11. The zero-order valence-electron chi connectivity index (χ0n) is 28.8. The molecule has 2 aromatic heterocycles. The van der Waals surface area contributed by atoms with Gasteiger partial charge in [-0.25, -0.2) is 15.0 Å². The van der Waals surface area contributed by atoms with Crippen molar-refractivity contribution in [2.24, 2.45) is 0 Å². The first-order valence-corrected chi connectivity index (χ1v) is 17.9. The van der Waals surface area contributed by atoms with Crippen LogP contribution < -0.4 is 0 Å². The second-order valence-corrected chi connectivity index (χ2v) is 13.3. The molecule has 0 N–H and O–H groups in total. The van der Waals surface area contributed by atoms with E-state index in [1.807, 2.05) is 6.07 Å². The number of hydrogen-bond donors (Lipinski definition) is 0. The molecule has 248 valence electrons. The smallest absolute Gasteiger partial charge is 0.164 e. The van der Waals surface area contributed by atoms with E-state index < -0.39 is 0 Å². The third kappa shape index (κ3) is 5.63. The first kappa shape index (κ1) is 30.6. The number of hydrogen-bond acceptors (Lipinski definition) is 3. The highest BCUT2D eigenvalue weighted by molar-refractivity contribution is 6.09. The van der Waals surface area contributed by atoms with Crippen LogP contribution in [0.15, 0.2) is 194 Å². The molecule has 0 bridgehead atoms. The van der Waals surface area contributed by atoms with Gasteiger partial charge in [-0.05, 0) is 69.4 Å². The zero-order valence-corrected chi connectivity index (χ0v) is 28.8. The van der Waals surface area contributed by atoms with Crippen molar-refractivity contribution in [3.63, 3.8) is 0 Å². The molecule has 0 aliphatic rings. The Kier molecular flexibility index (Phi) is 7.43. The van der Waals surface area contributed by atoms with Crippen molar-refractivity contribution in [3.8, 4) is 62.1 Å². The van der Waals surface area contributed by atoms with Crippen LogP contribution in [-0.2, 0) is 0 Å². The van der Waals surface area contributed by atoms with Gasteiger partial charge in [0.2, 0.25) is 0 Å². The molecule has 0 atom stereocenters. The Balaban J connectivity index is 1.08. The number of aromatic nitrogens is 4. The minimum absolute atomic E-state index is 0.630. The van der Waals surface area contributed by atoms with Gasteiger partial charge in [-0.2, -0.15) is 0 Å². The van der Waals surface area contributed by atoms with Gasteiger partial charge in [0.1, 0.15) is 0 Å². The molecule has 53 heavy (non-hydrogen) atoms. The van der Waals surface area contributed by atoms with Crippen LogP contribution in [0.3, 0.4) is 0 Å². The second-order valence-electron chi connectivity index (χ2n) is 13.3. The van der Waals surface area contributed by atoms with Crippen molar-refractivity contribution in [2.75, 3.05) is 0 Å².